The fourth-order valence-corrected chi connectivity index (χ4v) is 4.80. The van der Waals surface area contributed by atoms with Gasteiger partial charge in [-0.1, -0.05) is 6.07 Å². The molecule has 6 nitrogen and oxygen atoms in total. The molecule has 1 saturated heterocycles. The first kappa shape index (κ1) is 21.8. The van der Waals surface area contributed by atoms with E-state index >= 15 is 0 Å². The molecule has 1 amide bonds. The number of rotatable bonds is 3. The van der Waals surface area contributed by atoms with Crippen LogP contribution in [0.1, 0.15) is 36.5 Å². The Morgan fingerprint density at radius 3 is 2.55 bits per heavy atom. The molecule has 1 aromatic rings. The number of halogens is 3. The second kappa shape index (κ2) is 7.94. The second-order valence-electron chi connectivity index (χ2n) is 8.41. The van der Waals surface area contributed by atoms with E-state index in [0.29, 0.717) is 56.6 Å². The summed E-state index contributed by atoms with van der Waals surface area (Å²) < 4.78 is 45.0. The lowest BCUT2D eigenvalue weighted by molar-refractivity contribution is -0.151. The summed E-state index contributed by atoms with van der Waals surface area (Å²) in [5.41, 5.74) is 0.145. The fraction of sp³-hybridized carbons (Fsp3) is 0.545. The fourth-order valence-electron chi connectivity index (χ4n) is 4.80. The largest absolute Gasteiger partial charge is 0.450 e. The van der Waals surface area contributed by atoms with E-state index in [2.05, 4.69) is 0 Å². The molecule has 1 aromatic carbocycles. The second-order valence-corrected chi connectivity index (χ2v) is 8.41. The number of hydrogen-bond acceptors (Lipinski definition) is 5. The molecule has 0 bridgehead atoms. The summed E-state index contributed by atoms with van der Waals surface area (Å²) in [6, 6.07) is 3.65. The third-order valence-corrected chi connectivity index (χ3v) is 6.55. The Morgan fingerprint density at radius 1 is 1.19 bits per heavy atom. The highest BCUT2D eigenvalue weighted by Crippen LogP contribution is 2.42. The monoisotopic (exact) mass is 438 g/mol. The predicted molar refractivity (Wildman–Crippen MR) is 105 cm³/mol. The molecule has 4 rings (SSSR count). The van der Waals surface area contributed by atoms with Gasteiger partial charge in [0.25, 0.3) is 5.91 Å². The highest BCUT2D eigenvalue weighted by molar-refractivity contribution is 6.07. The van der Waals surface area contributed by atoms with E-state index in [0.717, 1.165) is 17.7 Å². The molecule has 0 aliphatic carbocycles. The molecule has 31 heavy (non-hydrogen) atoms. The van der Waals surface area contributed by atoms with E-state index in [-0.39, 0.29) is 24.6 Å². The van der Waals surface area contributed by atoms with Crippen LogP contribution < -0.4 is 0 Å². The van der Waals surface area contributed by atoms with E-state index in [1.54, 1.807) is 6.92 Å². The van der Waals surface area contributed by atoms with Gasteiger partial charge < -0.3 is 19.6 Å². The summed E-state index contributed by atoms with van der Waals surface area (Å²) in [4.78, 5) is 29.4. The Bertz CT molecular complexity index is 933. The minimum absolute atomic E-state index is 0.0283. The van der Waals surface area contributed by atoms with Crippen molar-refractivity contribution in [2.24, 2.45) is 0 Å². The number of aliphatic hydroxyl groups excluding tert-OH is 1. The van der Waals surface area contributed by atoms with Crippen LogP contribution in [0.2, 0.25) is 0 Å². The maximum atomic E-state index is 13.5. The lowest BCUT2D eigenvalue weighted by atomic mass is 9.82. The molecule has 1 spiro atoms. The zero-order chi connectivity index (χ0) is 22.4. The Balaban J connectivity index is 1.58. The first-order valence-corrected chi connectivity index (χ1v) is 10.4. The van der Waals surface area contributed by atoms with Gasteiger partial charge >= 0.3 is 12.1 Å². The Morgan fingerprint density at radius 2 is 1.90 bits per heavy atom. The number of β-amino-alcohol motifs (C(OH)–C–C–N with tert-alkyl or cyclic N) is 1. The van der Waals surface area contributed by atoms with Gasteiger partial charge in [-0.15, -0.1) is 0 Å². The number of carbonyl (C=O) groups is 2. The molecule has 0 atom stereocenters. The van der Waals surface area contributed by atoms with Gasteiger partial charge in [0.05, 0.1) is 17.7 Å². The van der Waals surface area contributed by atoms with Crippen molar-refractivity contribution in [2.45, 2.75) is 44.5 Å². The average Bonchev–Trinajstić information content (AvgIpc) is 2.97. The summed E-state index contributed by atoms with van der Waals surface area (Å²) in [5, 5.41) is 9.15. The van der Waals surface area contributed by atoms with Gasteiger partial charge in [0.2, 0.25) is 0 Å². The molecular weight excluding hydrogens is 413 g/mol. The number of hydrogen-bond donors (Lipinski definition) is 1. The summed E-state index contributed by atoms with van der Waals surface area (Å²) >= 11 is 0. The van der Waals surface area contributed by atoms with Crippen LogP contribution in [0, 0.1) is 0 Å². The molecule has 168 valence electrons. The van der Waals surface area contributed by atoms with Crippen LogP contribution in [-0.2, 0) is 33.5 Å². The lowest BCUT2D eigenvalue weighted by Crippen LogP contribution is -2.50. The number of likely N-dealkylation sites (tertiary alicyclic amines) is 1. The first-order chi connectivity index (χ1) is 14.6. The van der Waals surface area contributed by atoms with Crippen molar-refractivity contribution in [3.8, 4) is 0 Å². The number of alkyl halides is 3. The van der Waals surface area contributed by atoms with Crippen molar-refractivity contribution in [3.05, 3.63) is 46.0 Å². The number of piperidine rings is 1. The number of fused-ring (bicyclic) bond motifs is 1. The summed E-state index contributed by atoms with van der Waals surface area (Å²) in [6.45, 7) is 3.71. The van der Waals surface area contributed by atoms with E-state index in [4.69, 9.17) is 9.84 Å². The molecule has 0 aromatic heterocycles. The number of esters is 1. The van der Waals surface area contributed by atoms with Gasteiger partial charge in [0.1, 0.15) is 5.60 Å². The molecule has 9 heteroatoms. The molecule has 1 fully saturated rings. The van der Waals surface area contributed by atoms with Gasteiger partial charge in [-0.2, -0.15) is 13.2 Å². The summed E-state index contributed by atoms with van der Waals surface area (Å²) in [5.74, 6) is -0.863. The third-order valence-electron chi connectivity index (χ3n) is 6.55. The molecule has 0 saturated carbocycles. The summed E-state index contributed by atoms with van der Waals surface area (Å²) in [7, 11) is 0. The van der Waals surface area contributed by atoms with Gasteiger partial charge in [-0.05, 0) is 36.6 Å². The Kier molecular flexibility index (Phi) is 5.59. The smallest absolute Gasteiger partial charge is 0.416 e. The minimum atomic E-state index is -4.45. The number of amides is 1. The van der Waals surface area contributed by atoms with Crippen LogP contribution in [0.5, 0.6) is 0 Å². The van der Waals surface area contributed by atoms with Crippen LogP contribution in [-0.4, -0.2) is 65.2 Å². The lowest BCUT2D eigenvalue weighted by Gasteiger charge is -2.40. The molecule has 1 N–H and O–H groups in total. The number of ether oxygens (including phenoxy) is 1. The molecule has 0 radical (unpaired) electrons. The highest BCUT2D eigenvalue weighted by atomic mass is 19.4. The third kappa shape index (κ3) is 3.96. The van der Waals surface area contributed by atoms with E-state index < -0.39 is 23.3 Å². The standard InChI is InChI=1S/C22H25F3N2O4/c1-14-18(21(31-20(14)30)5-8-26(9-6-21)10-11-28)19(29)27-7-4-15-2-3-17(22(23,24)25)12-16(15)13-27/h2-3,12,28H,4-11,13H2,1H3. The van der Waals surface area contributed by atoms with Crippen molar-refractivity contribution in [1.82, 2.24) is 9.80 Å². The zero-order valence-electron chi connectivity index (χ0n) is 17.3. The molecular formula is C22H25F3N2O4. The quantitative estimate of drug-likeness (QED) is 0.734. The van der Waals surface area contributed by atoms with Crippen molar-refractivity contribution < 1.29 is 32.6 Å². The molecule has 3 heterocycles. The maximum absolute atomic E-state index is 13.5. The Hall–Kier alpha value is -2.39. The van der Waals surface area contributed by atoms with Crippen molar-refractivity contribution in [3.63, 3.8) is 0 Å². The minimum Gasteiger partial charge on any atom is -0.450 e. The topological polar surface area (TPSA) is 70.1 Å². The normalized spacial score (nSPS) is 21.5. The van der Waals surface area contributed by atoms with Crippen molar-refractivity contribution in [2.75, 3.05) is 32.8 Å². The summed E-state index contributed by atoms with van der Waals surface area (Å²) in [6.07, 6.45) is -3.10. The number of nitrogens with zero attached hydrogens (tertiary/aromatic N) is 2. The first-order valence-electron chi connectivity index (χ1n) is 10.4. The van der Waals surface area contributed by atoms with Gasteiger partial charge in [0, 0.05) is 51.1 Å². The Labute approximate surface area is 178 Å². The van der Waals surface area contributed by atoms with Crippen LogP contribution in [0.25, 0.3) is 0 Å². The maximum Gasteiger partial charge on any atom is 0.416 e. The number of aliphatic hydroxyl groups is 1. The predicted octanol–water partition coefficient (Wildman–Crippen LogP) is 2.29. The zero-order valence-corrected chi connectivity index (χ0v) is 17.3. The van der Waals surface area contributed by atoms with E-state index in [1.807, 2.05) is 4.90 Å². The van der Waals surface area contributed by atoms with Gasteiger partial charge in [-0.25, -0.2) is 4.79 Å². The van der Waals surface area contributed by atoms with Crippen LogP contribution in [0.15, 0.2) is 29.3 Å². The van der Waals surface area contributed by atoms with Crippen molar-refractivity contribution in [1.29, 1.82) is 0 Å². The number of benzene rings is 1. The molecule has 0 unspecified atom stereocenters. The van der Waals surface area contributed by atoms with Crippen LogP contribution in [0.3, 0.4) is 0 Å². The molecule has 3 aliphatic rings. The van der Waals surface area contributed by atoms with Crippen LogP contribution in [0.4, 0.5) is 13.2 Å². The SMILES string of the molecule is CC1=C(C(=O)N2CCc3ccc(C(F)(F)F)cc3C2)C2(CCN(CCO)CC2)OC1=O. The van der Waals surface area contributed by atoms with Crippen molar-refractivity contribution >= 4 is 11.9 Å². The van der Waals surface area contributed by atoms with Gasteiger partial charge in [0.15, 0.2) is 0 Å². The van der Waals surface area contributed by atoms with Gasteiger partial charge in [-0.3, -0.25) is 4.79 Å². The number of carbonyl (C=O) groups excluding carboxylic acids is 2. The van der Waals surface area contributed by atoms with E-state index in [9.17, 15) is 22.8 Å². The average molecular weight is 438 g/mol. The van der Waals surface area contributed by atoms with Crippen LogP contribution >= 0.6 is 0 Å². The molecule has 3 aliphatic heterocycles. The highest BCUT2D eigenvalue weighted by Gasteiger charge is 2.51. The van der Waals surface area contributed by atoms with E-state index in [1.165, 1.54) is 11.0 Å².